The van der Waals surface area contributed by atoms with E-state index in [1.54, 1.807) is 6.21 Å². The molecule has 0 bridgehead atoms. The molecule has 2 rings (SSSR count). The lowest BCUT2D eigenvalue weighted by Crippen LogP contribution is -2.20. The molecule has 0 radical (unpaired) electrons. The summed E-state index contributed by atoms with van der Waals surface area (Å²) >= 11 is 0. The highest BCUT2D eigenvalue weighted by molar-refractivity contribution is 6.16. The highest BCUT2D eigenvalue weighted by Crippen LogP contribution is 2.15. The Hall–Kier alpha value is -1.32. The van der Waals surface area contributed by atoms with Gasteiger partial charge in [-0.3, -0.25) is 4.79 Å². The fourth-order valence-electron chi connectivity index (χ4n) is 1.02. The lowest BCUT2D eigenvalue weighted by Gasteiger charge is -2.05. The summed E-state index contributed by atoms with van der Waals surface area (Å²) in [6.45, 7) is 0. The van der Waals surface area contributed by atoms with Gasteiger partial charge in [-0.2, -0.15) is 0 Å². The SMILES string of the molecule is O=C1N=CN=C2N=CCC12. The van der Waals surface area contributed by atoms with Crippen molar-refractivity contribution in [3.05, 3.63) is 0 Å². The van der Waals surface area contributed by atoms with Crippen molar-refractivity contribution in [2.45, 2.75) is 6.42 Å². The molecule has 2 heterocycles. The smallest absolute Gasteiger partial charge is 0.258 e. The van der Waals surface area contributed by atoms with E-state index in [1.165, 1.54) is 6.34 Å². The van der Waals surface area contributed by atoms with Gasteiger partial charge in [0.05, 0.1) is 0 Å². The summed E-state index contributed by atoms with van der Waals surface area (Å²) in [7, 11) is 0. The Bertz CT molecular complexity index is 264. The lowest BCUT2D eigenvalue weighted by molar-refractivity contribution is -0.119. The molecule has 0 saturated heterocycles. The highest BCUT2D eigenvalue weighted by atomic mass is 16.1. The third-order valence-corrected chi connectivity index (χ3v) is 1.55. The molecule has 0 N–H and O–H groups in total. The Morgan fingerprint density at radius 3 is 3.20 bits per heavy atom. The number of amides is 1. The molecule has 1 atom stereocenters. The van der Waals surface area contributed by atoms with Gasteiger partial charge in [-0.1, -0.05) is 0 Å². The van der Waals surface area contributed by atoms with E-state index < -0.39 is 0 Å². The van der Waals surface area contributed by atoms with E-state index in [2.05, 4.69) is 15.0 Å². The normalized spacial score (nSPS) is 28.6. The molecule has 4 nitrogen and oxygen atoms in total. The zero-order chi connectivity index (χ0) is 6.97. The lowest BCUT2D eigenvalue weighted by atomic mass is 10.1. The number of amidine groups is 1. The third kappa shape index (κ3) is 0.618. The molecule has 4 heteroatoms. The summed E-state index contributed by atoms with van der Waals surface area (Å²) in [5.74, 6) is 0.313. The topological polar surface area (TPSA) is 54.1 Å². The predicted octanol–water partition coefficient (Wildman–Crippen LogP) is 0.0441. The van der Waals surface area contributed by atoms with Gasteiger partial charge in [0.2, 0.25) is 0 Å². The molecule has 0 aromatic carbocycles. The number of hydrogen-bond acceptors (Lipinski definition) is 3. The van der Waals surface area contributed by atoms with Gasteiger partial charge in [0.1, 0.15) is 18.1 Å². The quantitative estimate of drug-likeness (QED) is 0.462. The molecule has 2 aliphatic rings. The van der Waals surface area contributed by atoms with Gasteiger partial charge in [-0.15, -0.1) is 0 Å². The Balaban J connectivity index is 2.40. The van der Waals surface area contributed by atoms with E-state index >= 15 is 0 Å². The zero-order valence-corrected chi connectivity index (χ0v) is 5.19. The minimum atomic E-state index is -0.176. The Morgan fingerprint density at radius 1 is 1.50 bits per heavy atom. The first-order valence-corrected chi connectivity index (χ1v) is 3.04. The van der Waals surface area contributed by atoms with E-state index in [-0.39, 0.29) is 11.8 Å². The molecule has 0 aromatic heterocycles. The van der Waals surface area contributed by atoms with Crippen molar-refractivity contribution in [1.29, 1.82) is 0 Å². The molecule has 1 unspecified atom stereocenters. The minimum absolute atomic E-state index is 0.123. The summed E-state index contributed by atoms with van der Waals surface area (Å²) in [6, 6.07) is 0. The summed E-state index contributed by atoms with van der Waals surface area (Å²) in [5, 5.41) is 0. The van der Waals surface area contributed by atoms with Crippen LogP contribution in [0.3, 0.4) is 0 Å². The molecular weight excluding hydrogens is 130 g/mol. The predicted molar refractivity (Wildman–Crippen MR) is 37.5 cm³/mol. The average molecular weight is 135 g/mol. The fraction of sp³-hybridized carbons (Fsp3) is 0.333. The van der Waals surface area contributed by atoms with Crippen molar-refractivity contribution in [3.63, 3.8) is 0 Å². The van der Waals surface area contributed by atoms with Crippen molar-refractivity contribution in [2.75, 3.05) is 0 Å². The molecule has 0 spiro atoms. The third-order valence-electron chi connectivity index (χ3n) is 1.55. The van der Waals surface area contributed by atoms with E-state index in [9.17, 15) is 4.79 Å². The van der Waals surface area contributed by atoms with Gasteiger partial charge < -0.3 is 0 Å². The van der Waals surface area contributed by atoms with Crippen molar-refractivity contribution in [2.24, 2.45) is 20.9 Å². The van der Waals surface area contributed by atoms with Crippen LogP contribution >= 0.6 is 0 Å². The first-order chi connectivity index (χ1) is 4.88. The number of hydrogen-bond donors (Lipinski definition) is 0. The minimum Gasteiger partial charge on any atom is -0.272 e. The average Bonchev–Trinajstić information content (AvgIpc) is 2.36. The standard InChI is InChI=1S/C6H5N3O/c10-6-4-1-2-7-5(4)8-3-9-6/h2-4H,1H2. The van der Waals surface area contributed by atoms with Gasteiger partial charge in [-0.05, 0) is 0 Å². The van der Waals surface area contributed by atoms with Crippen LogP contribution < -0.4 is 0 Å². The monoisotopic (exact) mass is 135 g/mol. The van der Waals surface area contributed by atoms with Gasteiger partial charge in [0.15, 0.2) is 0 Å². The van der Waals surface area contributed by atoms with E-state index in [0.717, 1.165) is 0 Å². The van der Waals surface area contributed by atoms with Crippen LogP contribution in [0.15, 0.2) is 15.0 Å². The van der Waals surface area contributed by atoms with Crippen molar-refractivity contribution in [3.8, 4) is 0 Å². The van der Waals surface area contributed by atoms with Gasteiger partial charge >= 0.3 is 0 Å². The van der Waals surface area contributed by atoms with Crippen molar-refractivity contribution in [1.82, 2.24) is 0 Å². The van der Waals surface area contributed by atoms with Crippen LogP contribution in [0.4, 0.5) is 0 Å². The largest absolute Gasteiger partial charge is 0.272 e. The van der Waals surface area contributed by atoms with Crippen LogP contribution in [-0.2, 0) is 4.79 Å². The second-order valence-corrected chi connectivity index (χ2v) is 2.17. The van der Waals surface area contributed by atoms with Crippen LogP contribution in [0.5, 0.6) is 0 Å². The maximum atomic E-state index is 10.9. The first-order valence-electron chi connectivity index (χ1n) is 3.04. The van der Waals surface area contributed by atoms with E-state index in [0.29, 0.717) is 12.3 Å². The van der Waals surface area contributed by atoms with Crippen molar-refractivity contribution < 1.29 is 4.79 Å². The molecule has 2 aliphatic heterocycles. The molecule has 1 amide bonds. The molecule has 0 aromatic rings. The molecule has 50 valence electrons. The zero-order valence-electron chi connectivity index (χ0n) is 5.19. The number of aliphatic imine (C=N–C) groups is 3. The number of carbonyl (C=O) groups excluding carboxylic acids is 1. The number of rotatable bonds is 0. The first kappa shape index (κ1) is 5.46. The number of fused-ring (bicyclic) bond motifs is 1. The molecule has 0 saturated carbocycles. The molecular formula is C6H5N3O. The summed E-state index contributed by atoms with van der Waals surface area (Å²) in [6.07, 6.45) is 3.63. The summed E-state index contributed by atoms with van der Waals surface area (Å²) in [4.78, 5) is 22.2. The van der Waals surface area contributed by atoms with Crippen LogP contribution in [0, 0.1) is 5.92 Å². The van der Waals surface area contributed by atoms with Gasteiger partial charge in [0, 0.05) is 12.6 Å². The summed E-state index contributed by atoms with van der Waals surface area (Å²) < 4.78 is 0. The number of nitrogens with zero attached hydrogens (tertiary/aromatic N) is 3. The summed E-state index contributed by atoms with van der Waals surface area (Å²) in [5.41, 5.74) is 0. The van der Waals surface area contributed by atoms with Crippen LogP contribution in [-0.4, -0.2) is 24.3 Å². The van der Waals surface area contributed by atoms with E-state index in [4.69, 9.17) is 0 Å². The Labute approximate surface area is 57.4 Å². The Kier molecular flexibility index (Phi) is 1.00. The van der Waals surface area contributed by atoms with Crippen LogP contribution in [0.25, 0.3) is 0 Å². The highest BCUT2D eigenvalue weighted by Gasteiger charge is 2.28. The van der Waals surface area contributed by atoms with Gasteiger partial charge in [0.25, 0.3) is 5.91 Å². The fourth-order valence-corrected chi connectivity index (χ4v) is 1.02. The molecule has 0 fully saturated rings. The number of carbonyl (C=O) groups is 1. The molecule has 10 heavy (non-hydrogen) atoms. The van der Waals surface area contributed by atoms with E-state index in [1.807, 2.05) is 0 Å². The molecule has 0 aliphatic carbocycles. The second kappa shape index (κ2) is 1.83. The van der Waals surface area contributed by atoms with Crippen molar-refractivity contribution >= 4 is 24.3 Å². The van der Waals surface area contributed by atoms with Gasteiger partial charge in [-0.25, -0.2) is 15.0 Å². The maximum absolute atomic E-state index is 10.9. The second-order valence-electron chi connectivity index (χ2n) is 2.17. The Morgan fingerprint density at radius 2 is 2.40 bits per heavy atom. The maximum Gasteiger partial charge on any atom is 0.258 e. The van der Waals surface area contributed by atoms with Crippen LogP contribution in [0.2, 0.25) is 0 Å². The van der Waals surface area contributed by atoms with Crippen LogP contribution in [0.1, 0.15) is 6.42 Å².